The van der Waals surface area contributed by atoms with Crippen LogP contribution in [0.5, 0.6) is 0 Å². The van der Waals surface area contributed by atoms with Crippen LogP contribution in [-0.4, -0.2) is 70.2 Å². The van der Waals surface area contributed by atoms with Crippen molar-refractivity contribution in [3.8, 4) is 0 Å². The van der Waals surface area contributed by atoms with Crippen LogP contribution in [0.4, 0.5) is 0 Å². The number of carboxylic acid groups (broad SMARTS) is 2. The molecule has 4 bridgehead atoms. The van der Waals surface area contributed by atoms with Crippen molar-refractivity contribution < 1.29 is 19.8 Å². The minimum absolute atomic E-state index is 0.121. The Morgan fingerprint density at radius 2 is 0.923 bits per heavy atom. The molecule has 4 fully saturated rings. The molecule has 6 nitrogen and oxygen atoms in total. The molecule has 0 saturated carbocycles. The lowest BCUT2D eigenvalue weighted by Gasteiger charge is -2.39. The predicted molar refractivity (Wildman–Crippen MR) is 96.9 cm³/mol. The number of fused-ring (bicyclic) bond motifs is 4. The minimum Gasteiger partial charge on any atom is -0.478 e. The molecule has 144 valence electrons. The van der Waals surface area contributed by atoms with Crippen molar-refractivity contribution in [2.45, 2.75) is 75.5 Å². The Kier molecular flexibility index (Phi) is 4.59. The molecule has 4 rings (SSSR count). The van der Waals surface area contributed by atoms with E-state index in [4.69, 9.17) is 0 Å². The van der Waals surface area contributed by atoms with Gasteiger partial charge >= 0.3 is 11.9 Å². The van der Waals surface area contributed by atoms with Crippen LogP contribution in [0.3, 0.4) is 0 Å². The summed E-state index contributed by atoms with van der Waals surface area (Å²) in [6.07, 6.45) is 7.54. The molecule has 0 aliphatic carbocycles. The van der Waals surface area contributed by atoms with Crippen molar-refractivity contribution in [3.05, 3.63) is 11.1 Å². The number of hydrogen-bond acceptors (Lipinski definition) is 4. The number of carboxylic acids is 2. The van der Waals surface area contributed by atoms with Crippen LogP contribution in [0.1, 0.15) is 51.4 Å². The number of piperidine rings is 2. The van der Waals surface area contributed by atoms with Gasteiger partial charge in [0.1, 0.15) is 0 Å². The lowest BCUT2D eigenvalue weighted by molar-refractivity contribution is -0.137. The van der Waals surface area contributed by atoms with Crippen LogP contribution in [0, 0.1) is 11.8 Å². The number of aliphatic carboxylic acids is 2. The average molecular weight is 362 g/mol. The molecule has 0 spiro atoms. The maximum atomic E-state index is 12.2. The van der Waals surface area contributed by atoms with Crippen molar-refractivity contribution in [1.82, 2.24) is 9.80 Å². The third-order valence-electron chi connectivity index (χ3n) is 7.76. The SMILES string of the molecule is CN1C2CCC1CC(/C(C(=O)O)=C(\C(=O)O)C1CC3CCC(C1)N3C)C2. The second-order valence-corrected chi connectivity index (χ2v) is 8.88. The molecule has 4 saturated heterocycles. The van der Waals surface area contributed by atoms with Gasteiger partial charge in [0.05, 0.1) is 11.1 Å². The zero-order valence-electron chi connectivity index (χ0n) is 15.7. The minimum atomic E-state index is -1.01. The van der Waals surface area contributed by atoms with E-state index in [1.807, 2.05) is 0 Å². The van der Waals surface area contributed by atoms with E-state index in [0.717, 1.165) is 51.4 Å². The lowest BCUT2D eigenvalue weighted by atomic mass is 9.76. The standard InChI is InChI=1S/C20H30N2O4/c1-21-13-3-4-14(21)8-11(7-13)17(19(23)24)18(20(25)26)12-9-15-5-6-16(10-12)22(15)2/h11-16H,3-10H2,1-2H3,(H,23,24)(H,25,26)/b18-17+. The Hall–Kier alpha value is -1.40. The van der Waals surface area contributed by atoms with Crippen molar-refractivity contribution in [3.63, 3.8) is 0 Å². The van der Waals surface area contributed by atoms with Gasteiger partial charge in [-0.25, -0.2) is 9.59 Å². The van der Waals surface area contributed by atoms with Gasteiger partial charge in [-0.2, -0.15) is 0 Å². The zero-order valence-corrected chi connectivity index (χ0v) is 15.7. The van der Waals surface area contributed by atoms with E-state index in [1.54, 1.807) is 0 Å². The summed E-state index contributed by atoms with van der Waals surface area (Å²) >= 11 is 0. The fourth-order valence-electron chi connectivity index (χ4n) is 6.31. The summed E-state index contributed by atoms with van der Waals surface area (Å²) in [4.78, 5) is 29.1. The van der Waals surface area contributed by atoms with Crippen LogP contribution in [0.15, 0.2) is 11.1 Å². The first-order valence-electron chi connectivity index (χ1n) is 10.0. The molecule has 26 heavy (non-hydrogen) atoms. The summed E-state index contributed by atoms with van der Waals surface area (Å²) in [5, 5.41) is 20.0. The molecular formula is C20H30N2O4. The van der Waals surface area contributed by atoms with Crippen LogP contribution < -0.4 is 0 Å². The van der Waals surface area contributed by atoms with E-state index in [1.165, 1.54) is 0 Å². The number of hydrogen-bond donors (Lipinski definition) is 2. The van der Waals surface area contributed by atoms with Gasteiger partial charge in [0.25, 0.3) is 0 Å². The molecule has 0 amide bonds. The first kappa shape index (κ1) is 18.0. The molecule has 2 N–H and O–H groups in total. The van der Waals surface area contributed by atoms with E-state index >= 15 is 0 Å². The number of rotatable bonds is 4. The molecule has 6 heteroatoms. The molecule has 0 aromatic heterocycles. The maximum Gasteiger partial charge on any atom is 0.332 e. The monoisotopic (exact) mass is 362 g/mol. The van der Waals surface area contributed by atoms with E-state index in [9.17, 15) is 19.8 Å². The summed E-state index contributed by atoms with van der Waals surface area (Å²) in [5.74, 6) is -2.26. The Labute approximate surface area is 154 Å². The van der Waals surface area contributed by atoms with Gasteiger partial charge in [-0.15, -0.1) is 0 Å². The second kappa shape index (κ2) is 6.64. The van der Waals surface area contributed by atoms with E-state index in [2.05, 4.69) is 23.9 Å². The quantitative estimate of drug-likeness (QED) is 0.746. The molecule has 0 aromatic rings. The highest BCUT2D eigenvalue weighted by molar-refractivity contribution is 5.99. The highest BCUT2D eigenvalue weighted by Crippen LogP contribution is 2.45. The van der Waals surface area contributed by atoms with Crippen LogP contribution in [0.2, 0.25) is 0 Å². The van der Waals surface area contributed by atoms with E-state index in [0.29, 0.717) is 24.2 Å². The molecule has 4 aliphatic rings. The van der Waals surface area contributed by atoms with E-state index in [-0.39, 0.29) is 23.0 Å². The highest BCUT2D eigenvalue weighted by Gasteiger charge is 2.46. The van der Waals surface area contributed by atoms with Crippen molar-refractivity contribution >= 4 is 11.9 Å². The normalized spacial score (nSPS) is 41.2. The fourth-order valence-corrected chi connectivity index (χ4v) is 6.31. The topological polar surface area (TPSA) is 81.1 Å². The van der Waals surface area contributed by atoms with Crippen LogP contribution in [-0.2, 0) is 9.59 Å². The van der Waals surface area contributed by atoms with Crippen molar-refractivity contribution in [1.29, 1.82) is 0 Å². The lowest BCUT2D eigenvalue weighted by Crippen LogP contribution is -2.43. The van der Waals surface area contributed by atoms with Gasteiger partial charge in [-0.1, -0.05) is 0 Å². The van der Waals surface area contributed by atoms with Gasteiger partial charge in [0.2, 0.25) is 0 Å². The molecule has 0 radical (unpaired) electrons. The zero-order chi connectivity index (χ0) is 18.6. The maximum absolute atomic E-state index is 12.2. The van der Waals surface area contributed by atoms with Crippen molar-refractivity contribution in [2.75, 3.05) is 14.1 Å². The summed E-state index contributed by atoms with van der Waals surface area (Å²) < 4.78 is 0. The first-order valence-corrected chi connectivity index (χ1v) is 10.0. The third-order valence-corrected chi connectivity index (χ3v) is 7.76. The van der Waals surface area contributed by atoms with E-state index < -0.39 is 11.9 Å². The molecular weight excluding hydrogens is 332 g/mol. The van der Waals surface area contributed by atoms with Gasteiger partial charge < -0.3 is 20.0 Å². The third kappa shape index (κ3) is 2.87. The van der Waals surface area contributed by atoms with Crippen LogP contribution in [0.25, 0.3) is 0 Å². The summed E-state index contributed by atoms with van der Waals surface area (Å²) in [6, 6.07) is 1.60. The summed E-state index contributed by atoms with van der Waals surface area (Å²) in [6.45, 7) is 0. The van der Waals surface area contributed by atoms with Gasteiger partial charge in [-0.3, -0.25) is 0 Å². The Balaban J connectivity index is 1.68. The molecule has 0 aromatic carbocycles. The van der Waals surface area contributed by atoms with Gasteiger partial charge in [-0.05, 0) is 77.3 Å². The predicted octanol–water partition coefficient (Wildman–Crippen LogP) is 2.20. The molecule has 4 unspecified atom stereocenters. The molecule has 4 heterocycles. The summed E-state index contributed by atoms with van der Waals surface area (Å²) in [7, 11) is 4.24. The second-order valence-electron chi connectivity index (χ2n) is 8.88. The largest absolute Gasteiger partial charge is 0.478 e. The summed E-state index contributed by atoms with van der Waals surface area (Å²) in [5.41, 5.74) is 0.438. The average Bonchev–Trinajstić information content (AvgIpc) is 2.94. The Bertz CT molecular complexity index is 564. The Morgan fingerprint density at radius 3 is 1.15 bits per heavy atom. The van der Waals surface area contributed by atoms with Gasteiger partial charge in [0.15, 0.2) is 0 Å². The molecule has 4 aliphatic heterocycles. The highest BCUT2D eigenvalue weighted by atomic mass is 16.4. The first-order chi connectivity index (χ1) is 12.4. The van der Waals surface area contributed by atoms with Gasteiger partial charge in [0, 0.05) is 24.2 Å². The fraction of sp³-hybridized carbons (Fsp3) is 0.800. The number of carbonyl (C=O) groups is 2. The molecule has 4 atom stereocenters. The smallest absolute Gasteiger partial charge is 0.332 e. The van der Waals surface area contributed by atoms with Crippen LogP contribution >= 0.6 is 0 Å². The Morgan fingerprint density at radius 1 is 0.654 bits per heavy atom. The van der Waals surface area contributed by atoms with Crippen molar-refractivity contribution in [2.24, 2.45) is 11.8 Å². The number of nitrogens with zero attached hydrogens (tertiary/aromatic N) is 2.